The van der Waals surface area contributed by atoms with E-state index in [4.69, 9.17) is 21.3 Å². The minimum Gasteiger partial charge on any atom is -0.468 e. The minimum absolute atomic E-state index is 0.175. The molecule has 2 atom stereocenters. The van der Waals surface area contributed by atoms with E-state index in [1.807, 2.05) is 26.8 Å². The molecule has 5 nitrogen and oxygen atoms in total. The molecule has 0 fully saturated rings. The zero-order valence-corrected chi connectivity index (χ0v) is 18.3. The number of methoxy groups -OCH3 is 1. The minimum atomic E-state index is -0.651. The van der Waals surface area contributed by atoms with Gasteiger partial charge in [0.1, 0.15) is 12.6 Å². The Labute approximate surface area is 177 Å². The van der Waals surface area contributed by atoms with E-state index in [0.717, 1.165) is 23.3 Å². The number of hydrogen-bond donors (Lipinski definition) is 0. The molecule has 154 valence electrons. The van der Waals surface area contributed by atoms with Gasteiger partial charge in [-0.1, -0.05) is 57.5 Å². The van der Waals surface area contributed by atoms with Gasteiger partial charge in [-0.25, -0.2) is 0 Å². The van der Waals surface area contributed by atoms with Gasteiger partial charge in [0, 0.05) is 10.6 Å². The number of amides is 1. The topological polar surface area (TPSA) is 59.0 Å². The third-order valence-electron chi connectivity index (χ3n) is 5.19. The Hall–Kier alpha value is -2.40. The molecule has 1 aromatic rings. The van der Waals surface area contributed by atoms with Gasteiger partial charge in [-0.2, -0.15) is 0 Å². The van der Waals surface area contributed by atoms with Crippen molar-refractivity contribution < 1.29 is 14.3 Å². The number of benzodiazepines with no additional fused rings is 1. The average molecular weight is 415 g/mol. The lowest BCUT2D eigenvalue weighted by Gasteiger charge is -2.30. The van der Waals surface area contributed by atoms with Crippen LogP contribution in [0.1, 0.15) is 39.7 Å². The van der Waals surface area contributed by atoms with E-state index >= 15 is 0 Å². The molecule has 6 heteroatoms. The van der Waals surface area contributed by atoms with Crippen LogP contribution < -0.4 is 4.90 Å². The zero-order chi connectivity index (χ0) is 21.3. The predicted molar refractivity (Wildman–Crippen MR) is 117 cm³/mol. The second kappa shape index (κ2) is 8.15. The molecule has 1 unspecified atom stereocenters. The molecule has 0 radical (unpaired) electrons. The highest BCUT2D eigenvalue weighted by Crippen LogP contribution is 2.36. The Morgan fingerprint density at radius 3 is 2.66 bits per heavy atom. The maximum Gasteiger partial charge on any atom is 0.325 e. The first kappa shape index (κ1) is 21.3. The molecule has 1 aliphatic carbocycles. The van der Waals surface area contributed by atoms with E-state index in [1.165, 1.54) is 12.0 Å². The number of aliphatic imine (C=N–C) groups is 1. The van der Waals surface area contributed by atoms with Gasteiger partial charge in [0.2, 0.25) is 0 Å². The van der Waals surface area contributed by atoms with Crippen molar-refractivity contribution in [2.24, 2.45) is 16.3 Å². The first-order chi connectivity index (χ1) is 13.6. The van der Waals surface area contributed by atoms with Crippen LogP contribution in [0.3, 0.4) is 0 Å². The van der Waals surface area contributed by atoms with Gasteiger partial charge in [0.05, 0.1) is 18.5 Å². The lowest BCUT2D eigenvalue weighted by Crippen LogP contribution is -2.46. The van der Waals surface area contributed by atoms with Crippen LogP contribution in [0.4, 0.5) is 5.69 Å². The van der Waals surface area contributed by atoms with E-state index in [-0.39, 0.29) is 12.5 Å². The van der Waals surface area contributed by atoms with Crippen molar-refractivity contribution >= 4 is 34.9 Å². The number of esters is 1. The summed E-state index contributed by atoms with van der Waals surface area (Å²) in [5, 5.41) is 0.546. The number of nitrogens with zero attached hydrogens (tertiary/aromatic N) is 2. The summed E-state index contributed by atoms with van der Waals surface area (Å²) in [5.74, 6) is -0.254. The quantitative estimate of drug-likeness (QED) is 0.680. The van der Waals surface area contributed by atoms with Crippen molar-refractivity contribution in [1.29, 1.82) is 0 Å². The smallest absolute Gasteiger partial charge is 0.325 e. The van der Waals surface area contributed by atoms with Gasteiger partial charge in [0.15, 0.2) is 0 Å². The van der Waals surface area contributed by atoms with Crippen molar-refractivity contribution in [2.45, 2.75) is 40.2 Å². The largest absolute Gasteiger partial charge is 0.468 e. The fourth-order valence-electron chi connectivity index (χ4n) is 3.51. The van der Waals surface area contributed by atoms with Gasteiger partial charge >= 0.3 is 5.97 Å². The number of halogens is 1. The highest BCUT2D eigenvalue weighted by Gasteiger charge is 2.39. The van der Waals surface area contributed by atoms with E-state index in [0.29, 0.717) is 16.6 Å². The van der Waals surface area contributed by atoms with Crippen molar-refractivity contribution in [1.82, 2.24) is 0 Å². The summed E-state index contributed by atoms with van der Waals surface area (Å²) < 4.78 is 4.84. The van der Waals surface area contributed by atoms with E-state index < -0.39 is 17.4 Å². The van der Waals surface area contributed by atoms with E-state index in [2.05, 4.69) is 25.2 Å². The third-order valence-corrected chi connectivity index (χ3v) is 5.42. The first-order valence-electron chi connectivity index (χ1n) is 9.76. The predicted octanol–water partition coefficient (Wildman–Crippen LogP) is 4.59. The molecule has 0 N–H and O–H groups in total. The number of fused-ring (bicyclic) bond motifs is 1. The van der Waals surface area contributed by atoms with Crippen LogP contribution >= 0.6 is 11.6 Å². The second-order valence-corrected chi connectivity index (χ2v) is 9.08. The Kier molecular flexibility index (Phi) is 5.99. The summed E-state index contributed by atoms with van der Waals surface area (Å²) >= 11 is 6.31. The Balaban J connectivity index is 2.24. The number of anilines is 1. The number of hydrogen-bond acceptors (Lipinski definition) is 4. The Morgan fingerprint density at radius 1 is 1.34 bits per heavy atom. The van der Waals surface area contributed by atoms with Crippen molar-refractivity contribution in [3.8, 4) is 0 Å². The van der Waals surface area contributed by atoms with Gasteiger partial charge in [0.25, 0.3) is 5.91 Å². The summed E-state index contributed by atoms with van der Waals surface area (Å²) in [6, 6.07) is 4.65. The van der Waals surface area contributed by atoms with Crippen LogP contribution in [-0.2, 0) is 14.3 Å². The molecule has 2 aliphatic rings. The molecule has 1 aromatic carbocycles. The van der Waals surface area contributed by atoms with E-state index in [1.54, 1.807) is 12.1 Å². The summed E-state index contributed by atoms with van der Waals surface area (Å²) in [6.45, 7) is 7.91. The molecular formula is C23H27ClN2O3. The average Bonchev–Trinajstić information content (AvgIpc) is 2.77. The van der Waals surface area contributed by atoms with Crippen LogP contribution in [0.15, 0.2) is 47.0 Å². The molecular weight excluding hydrogens is 388 g/mol. The number of carbonyl (C=O) groups is 2. The van der Waals surface area contributed by atoms with Crippen LogP contribution in [0.25, 0.3) is 0 Å². The lowest BCUT2D eigenvalue weighted by atomic mass is 9.86. The molecule has 0 saturated heterocycles. The maximum absolute atomic E-state index is 13.5. The number of rotatable bonds is 3. The molecule has 0 aromatic heterocycles. The molecule has 29 heavy (non-hydrogen) atoms. The molecule has 1 amide bonds. The third kappa shape index (κ3) is 4.45. The van der Waals surface area contributed by atoms with Crippen LogP contribution in [0.2, 0.25) is 5.02 Å². The fourth-order valence-corrected chi connectivity index (χ4v) is 3.68. The monoisotopic (exact) mass is 414 g/mol. The van der Waals surface area contributed by atoms with Crippen molar-refractivity contribution in [2.75, 3.05) is 18.6 Å². The van der Waals surface area contributed by atoms with Gasteiger partial charge in [-0.3, -0.25) is 19.5 Å². The summed E-state index contributed by atoms with van der Waals surface area (Å²) in [7, 11) is 1.31. The Morgan fingerprint density at radius 2 is 2.07 bits per heavy atom. The number of allylic oxidation sites excluding steroid dienone is 4. The number of benzene rings is 1. The number of ether oxygens (including phenoxy) is 1. The molecule has 0 saturated carbocycles. The van der Waals surface area contributed by atoms with Gasteiger partial charge in [-0.15, -0.1) is 0 Å². The highest BCUT2D eigenvalue weighted by atomic mass is 35.5. The van der Waals surface area contributed by atoms with Crippen LogP contribution in [-0.4, -0.2) is 37.3 Å². The van der Waals surface area contributed by atoms with Gasteiger partial charge in [-0.05, 0) is 41.5 Å². The molecule has 0 spiro atoms. The lowest BCUT2D eigenvalue weighted by molar-refractivity contribution is -0.140. The first-order valence-corrected chi connectivity index (χ1v) is 10.1. The van der Waals surface area contributed by atoms with Crippen LogP contribution in [0.5, 0.6) is 0 Å². The summed E-state index contributed by atoms with van der Waals surface area (Å²) in [5.41, 5.74) is 2.62. The maximum atomic E-state index is 13.5. The molecule has 3 rings (SSSR count). The Bertz CT molecular complexity index is 925. The molecule has 0 bridgehead atoms. The summed E-state index contributed by atoms with van der Waals surface area (Å²) in [6.07, 6.45) is 7.25. The van der Waals surface area contributed by atoms with Crippen LogP contribution in [0, 0.1) is 11.3 Å². The molecule has 1 aliphatic heterocycles. The standard InChI is InChI=1S/C23H27ClN2O3/c1-14-6-8-15(9-7-14)20-17-12-16(24)10-11-18(17)26(13-19(27)29-5)22(28)21(25-20)23(2,3)4/h6,8-12,14,21H,7,13H2,1-5H3/t14?,21-/m1/s1. The zero-order valence-electron chi connectivity index (χ0n) is 17.5. The van der Waals surface area contributed by atoms with E-state index in [9.17, 15) is 9.59 Å². The van der Waals surface area contributed by atoms with Crippen molar-refractivity contribution in [3.63, 3.8) is 0 Å². The number of carbonyl (C=O) groups excluding carboxylic acids is 2. The van der Waals surface area contributed by atoms with Crippen molar-refractivity contribution in [3.05, 3.63) is 52.6 Å². The van der Waals surface area contributed by atoms with Gasteiger partial charge < -0.3 is 4.74 Å². The highest BCUT2D eigenvalue weighted by molar-refractivity contribution is 6.32. The normalized spacial score (nSPS) is 21.9. The summed E-state index contributed by atoms with van der Waals surface area (Å²) in [4.78, 5) is 32.0. The fraction of sp³-hybridized carbons (Fsp3) is 0.435. The second-order valence-electron chi connectivity index (χ2n) is 8.64. The molecule has 1 heterocycles. The SMILES string of the molecule is COC(=O)CN1C(=O)[C@H](C(C)(C)C)N=C(C2=CCC(C)C=C2)c2cc(Cl)ccc21.